The van der Waals surface area contributed by atoms with Gasteiger partial charge < -0.3 is 10.1 Å². The van der Waals surface area contributed by atoms with Gasteiger partial charge in [0.1, 0.15) is 11.5 Å². The first kappa shape index (κ1) is 25.8. The maximum Gasteiger partial charge on any atom is 0.154 e. The van der Waals surface area contributed by atoms with Gasteiger partial charge in [-0.1, -0.05) is 62.2 Å². The average Bonchev–Trinajstić information content (AvgIpc) is 3.40. The predicted octanol–water partition coefficient (Wildman–Crippen LogP) is 5.89. The standard InChI is InChI=1S/C33H32N6O/c1-24(2)29-5-3-4-6-31(29)36-32-21-25(15-16-34-32)9-12-28-22-35-33-14-13-30(37-39(28)33)27-10-7-26(8-11-27)23-38-17-19-40-20-18-38/h3-8,10-11,13-16,21-22,24H,17-20,23H2,1-2H3,(H,34,36). The number of anilines is 2. The molecule has 0 saturated carbocycles. The fourth-order valence-corrected chi connectivity index (χ4v) is 4.88. The van der Waals surface area contributed by atoms with Crippen LogP contribution < -0.4 is 5.32 Å². The van der Waals surface area contributed by atoms with Gasteiger partial charge in [-0.3, -0.25) is 4.90 Å². The average molecular weight is 529 g/mol. The molecule has 0 spiro atoms. The highest BCUT2D eigenvalue weighted by atomic mass is 16.5. The van der Waals surface area contributed by atoms with Crippen LogP contribution in [0.4, 0.5) is 11.5 Å². The van der Waals surface area contributed by atoms with Gasteiger partial charge in [0.2, 0.25) is 0 Å². The number of para-hydroxylation sites is 1. The van der Waals surface area contributed by atoms with Crippen molar-refractivity contribution in [1.82, 2.24) is 24.5 Å². The third kappa shape index (κ3) is 5.89. The molecule has 5 aromatic rings. The van der Waals surface area contributed by atoms with Crippen LogP contribution in [0.1, 0.15) is 42.1 Å². The molecule has 3 aromatic heterocycles. The highest BCUT2D eigenvalue weighted by molar-refractivity contribution is 5.63. The van der Waals surface area contributed by atoms with Crippen LogP contribution in [0.5, 0.6) is 0 Å². The van der Waals surface area contributed by atoms with Crippen molar-refractivity contribution in [3.8, 4) is 23.1 Å². The molecule has 2 aromatic carbocycles. The number of imidazole rings is 1. The molecule has 1 saturated heterocycles. The Labute approximate surface area is 234 Å². The molecule has 0 aliphatic carbocycles. The number of morpholine rings is 1. The Morgan fingerprint density at radius 2 is 1.75 bits per heavy atom. The van der Waals surface area contributed by atoms with Crippen LogP contribution in [0.3, 0.4) is 0 Å². The van der Waals surface area contributed by atoms with Crippen LogP contribution in [0.2, 0.25) is 0 Å². The van der Waals surface area contributed by atoms with Crippen molar-refractivity contribution in [2.24, 2.45) is 0 Å². The number of aromatic nitrogens is 4. The number of hydrogen-bond donors (Lipinski definition) is 1. The SMILES string of the molecule is CC(C)c1ccccc1Nc1cc(C#Cc2cnc3ccc(-c4ccc(CN5CCOCC5)cc4)nn23)ccn1. The molecule has 1 fully saturated rings. The molecule has 40 heavy (non-hydrogen) atoms. The van der Waals surface area contributed by atoms with Gasteiger partial charge in [0, 0.05) is 42.6 Å². The first-order valence-electron chi connectivity index (χ1n) is 13.7. The van der Waals surface area contributed by atoms with Gasteiger partial charge in [-0.15, -0.1) is 0 Å². The highest BCUT2D eigenvalue weighted by Gasteiger charge is 2.12. The largest absolute Gasteiger partial charge is 0.379 e. The van der Waals surface area contributed by atoms with Crippen molar-refractivity contribution in [3.63, 3.8) is 0 Å². The second-order valence-corrected chi connectivity index (χ2v) is 10.3. The van der Waals surface area contributed by atoms with Gasteiger partial charge in [-0.05, 0) is 53.3 Å². The fourth-order valence-electron chi connectivity index (χ4n) is 4.88. The molecule has 1 aliphatic rings. The maximum absolute atomic E-state index is 5.46. The number of benzene rings is 2. The summed E-state index contributed by atoms with van der Waals surface area (Å²) in [5, 5.41) is 8.31. The third-order valence-corrected chi connectivity index (χ3v) is 7.06. The number of fused-ring (bicyclic) bond motifs is 1. The number of ether oxygens (including phenoxy) is 1. The van der Waals surface area contributed by atoms with E-state index in [1.165, 1.54) is 11.1 Å². The van der Waals surface area contributed by atoms with E-state index in [-0.39, 0.29) is 0 Å². The lowest BCUT2D eigenvalue weighted by Crippen LogP contribution is -2.35. The van der Waals surface area contributed by atoms with E-state index in [2.05, 4.69) is 88.3 Å². The summed E-state index contributed by atoms with van der Waals surface area (Å²) in [4.78, 5) is 11.4. The normalized spacial score (nSPS) is 13.8. The molecule has 4 heterocycles. The van der Waals surface area contributed by atoms with Crippen molar-refractivity contribution in [2.75, 3.05) is 31.6 Å². The van der Waals surface area contributed by atoms with E-state index >= 15 is 0 Å². The Balaban J connectivity index is 1.21. The smallest absolute Gasteiger partial charge is 0.154 e. The van der Waals surface area contributed by atoms with E-state index in [1.807, 2.05) is 34.8 Å². The minimum Gasteiger partial charge on any atom is -0.379 e. The fraction of sp³-hybridized carbons (Fsp3) is 0.242. The van der Waals surface area contributed by atoms with Crippen molar-refractivity contribution >= 4 is 17.2 Å². The second kappa shape index (κ2) is 11.7. The Kier molecular flexibility index (Phi) is 7.53. The molecular formula is C33H32N6O. The van der Waals surface area contributed by atoms with Gasteiger partial charge in [-0.2, -0.15) is 5.10 Å². The summed E-state index contributed by atoms with van der Waals surface area (Å²) in [7, 11) is 0. The van der Waals surface area contributed by atoms with Crippen LogP contribution >= 0.6 is 0 Å². The quantitative estimate of drug-likeness (QED) is 0.277. The summed E-state index contributed by atoms with van der Waals surface area (Å²) in [6.45, 7) is 8.89. The summed E-state index contributed by atoms with van der Waals surface area (Å²) in [6.07, 6.45) is 3.54. The van der Waals surface area contributed by atoms with Crippen LogP contribution in [-0.2, 0) is 11.3 Å². The summed E-state index contributed by atoms with van der Waals surface area (Å²) >= 11 is 0. The molecule has 0 radical (unpaired) electrons. The van der Waals surface area contributed by atoms with E-state index in [0.717, 1.165) is 72.5 Å². The van der Waals surface area contributed by atoms with Gasteiger partial charge in [0.25, 0.3) is 0 Å². The van der Waals surface area contributed by atoms with Crippen LogP contribution in [0.25, 0.3) is 16.9 Å². The van der Waals surface area contributed by atoms with E-state index in [4.69, 9.17) is 9.84 Å². The Morgan fingerprint density at radius 3 is 2.58 bits per heavy atom. The van der Waals surface area contributed by atoms with E-state index in [1.54, 1.807) is 12.4 Å². The highest BCUT2D eigenvalue weighted by Crippen LogP contribution is 2.26. The summed E-state index contributed by atoms with van der Waals surface area (Å²) < 4.78 is 7.27. The zero-order chi connectivity index (χ0) is 27.3. The minimum absolute atomic E-state index is 0.409. The summed E-state index contributed by atoms with van der Waals surface area (Å²) in [5.41, 5.74) is 7.90. The zero-order valence-corrected chi connectivity index (χ0v) is 22.8. The number of nitrogens with zero attached hydrogens (tertiary/aromatic N) is 5. The van der Waals surface area contributed by atoms with Gasteiger partial charge >= 0.3 is 0 Å². The lowest BCUT2D eigenvalue weighted by atomic mass is 10.0. The lowest BCUT2D eigenvalue weighted by Gasteiger charge is -2.26. The van der Waals surface area contributed by atoms with Gasteiger partial charge in [-0.25, -0.2) is 14.5 Å². The van der Waals surface area contributed by atoms with Gasteiger partial charge in [0.05, 0.1) is 25.1 Å². The molecule has 6 rings (SSSR count). The molecule has 0 bridgehead atoms. The van der Waals surface area contributed by atoms with Crippen molar-refractivity contribution in [3.05, 3.63) is 108 Å². The summed E-state index contributed by atoms with van der Waals surface area (Å²) in [6, 6.07) is 24.8. The predicted molar refractivity (Wildman–Crippen MR) is 159 cm³/mol. The zero-order valence-electron chi connectivity index (χ0n) is 22.8. The maximum atomic E-state index is 5.46. The van der Waals surface area contributed by atoms with Crippen LogP contribution in [0.15, 0.2) is 85.2 Å². The number of rotatable bonds is 6. The van der Waals surface area contributed by atoms with E-state index in [0.29, 0.717) is 5.92 Å². The van der Waals surface area contributed by atoms with Crippen molar-refractivity contribution in [1.29, 1.82) is 0 Å². The topological polar surface area (TPSA) is 67.6 Å². The minimum atomic E-state index is 0.409. The lowest BCUT2D eigenvalue weighted by molar-refractivity contribution is 0.0342. The van der Waals surface area contributed by atoms with Crippen molar-refractivity contribution in [2.45, 2.75) is 26.3 Å². The number of nitrogens with one attached hydrogen (secondary N) is 1. The molecule has 7 heteroatoms. The summed E-state index contributed by atoms with van der Waals surface area (Å²) in [5.74, 6) is 7.69. The van der Waals surface area contributed by atoms with E-state index < -0.39 is 0 Å². The molecular weight excluding hydrogens is 496 g/mol. The van der Waals surface area contributed by atoms with Crippen LogP contribution in [-0.4, -0.2) is 50.8 Å². The molecule has 0 amide bonds. The molecule has 0 unspecified atom stereocenters. The third-order valence-electron chi connectivity index (χ3n) is 7.06. The first-order valence-corrected chi connectivity index (χ1v) is 13.7. The second-order valence-electron chi connectivity index (χ2n) is 10.3. The first-order chi connectivity index (χ1) is 19.6. The van der Waals surface area contributed by atoms with Gasteiger partial charge in [0.15, 0.2) is 5.65 Å². The molecule has 7 nitrogen and oxygen atoms in total. The Hall–Kier alpha value is -4.51. The Bertz CT molecular complexity index is 1670. The monoisotopic (exact) mass is 528 g/mol. The molecule has 0 atom stereocenters. The van der Waals surface area contributed by atoms with Crippen molar-refractivity contribution < 1.29 is 4.74 Å². The molecule has 1 aliphatic heterocycles. The number of hydrogen-bond acceptors (Lipinski definition) is 6. The molecule has 200 valence electrons. The Morgan fingerprint density at radius 1 is 0.925 bits per heavy atom. The van der Waals surface area contributed by atoms with E-state index in [9.17, 15) is 0 Å². The van der Waals surface area contributed by atoms with Crippen LogP contribution in [0, 0.1) is 11.8 Å². The molecule has 1 N–H and O–H groups in total. The number of pyridine rings is 1.